The van der Waals surface area contributed by atoms with Gasteiger partial charge in [-0.15, -0.1) is 11.8 Å². The van der Waals surface area contributed by atoms with Gasteiger partial charge in [-0.2, -0.15) is 0 Å². The number of benzene rings is 4. The Morgan fingerprint density at radius 1 is 0.837 bits per heavy atom. The van der Waals surface area contributed by atoms with E-state index in [9.17, 15) is 19.5 Å². The average Bonchev–Trinajstić information content (AvgIpc) is 3.04. The van der Waals surface area contributed by atoms with Crippen LogP contribution in [0.25, 0.3) is 0 Å². The molecule has 0 aromatic heterocycles. The van der Waals surface area contributed by atoms with Crippen LogP contribution in [0, 0.1) is 0 Å². The molecule has 0 radical (unpaired) electrons. The van der Waals surface area contributed by atoms with Crippen LogP contribution in [0.4, 0.5) is 0 Å². The zero-order chi connectivity index (χ0) is 29.8. The maximum Gasteiger partial charge on any atom is 0.356 e. The van der Waals surface area contributed by atoms with E-state index in [2.05, 4.69) is 5.32 Å². The summed E-state index contributed by atoms with van der Waals surface area (Å²) in [5, 5.41) is 12.2. The lowest BCUT2D eigenvalue weighted by Gasteiger charge is -2.50. The topological polar surface area (TPSA) is 95.9 Å². The van der Waals surface area contributed by atoms with Crippen LogP contribution in [0.5, 0.6) is 5.75 Å². The van der Waals surface area contributed by atoms with E-state index < -0.39 is 23.5 Å². The number of amides is 2. The Labute approximate surface area is 254 Å². The summed E-state index contributed by atoms with van der Waals surface area (Å²) in [6.07, 6.45) is -0.113. The van der Waals surface area contributed by atoms with Crippen molar-refractivity contribution in [2.24, 2.45) is 0 Å². The number of rotatable bonds is 9. The minimum atomic E-state index is -0.738. The summed E-state index contributed by atoms with van der Waals surface area (Å²) in [6.45, 7) is 0. The molecule has 2 atom stereocenters. The predicted octanol–water partition coefficient (Wildman–Crippen LogP) is 5.16. The molecule has 2 amide bonds. The molecule has 0 unspecified atom stereocenters. The smallest absolute Gasteiger partial charge is 0.356 e. The van der Waals surface area contributed by atoms with Gasteiger partial charge < -0.3 is 15.2 Å². The van der Waals surface area contributed by atoms with Gasteiger partial charge >= 0.3 is 5.97 Å². The molecule has 0 bridgehead atoms. The van der Waals surface area contributed by atoms with Crippen molar-refractivity contribution in [1.29, 1.82) is 0 Å². The van der Waals surface area contributed by atoms with Crippen molar-refractivity contribution < 1.29 is 24.2 Å². The predicted molar refractivity (Wildman–Crippen MR) is 165 cm³/mol. The average molecular weight is 591 g/mol. The van der Waals surface area contributed by atoms with Crippen LogP contribution in [0.2, 0.25) is 0 Å². The molecule has 1 fully saturated rings. The van der Waals surface area contributed by atoms with Crippen molar-refractivity contribution in [3.63, 3.8) is 0 Å². The van der Waals surface area contributed by atoms with Crippen molar-refractivity contribution in [2.45, 2.75) is 30.4 Å². The third-order valence-corrected chi connectivity index (χ3v) is 8.89. The number of fused-ring (bicyclic) bond motifs is 1. The molecule has 8 heteroatoms. The SMILES string of the molecule is O=C(Cc1ccccc1)N[C@@H]1C(=O)N2C(C(=O)OC(c3ccccc3)c3ccccc3)=C(Cc3ccc(O)cc3)CS[C@H]12. The van der Waals surface area contributed by atoms with Crippen LogP contribution in [-0.4, -0.2) is 45.0 Å². The maximum absolute atomic E-state index is 14.1. The van der Waals surface area contributed by atoms with Crippen molar-refractivity contribution in [3.05, 3.63) is 149 Å². The number of nitrogens with zero attached hydrogens (tertiary/aromatic N) is 1. The first-order valence-electron chi connectivity index (χ1n) is 14.1. The maximum atomic E-state index is 14.1. The van der Waals surface area contributed by atoms with E-state index in [-0.39, 0.29) is 29.7 Å². The zero-order valence-electron chi connectivity index (χ0n) is 23.3. The molecule has 4 aromatic rings. The summed E-state index contributed by atoms with van der Waals surface area (Å²) in [5.41, 5.74) is 4.33. The highest BCUT2D eigenvalue weighted by atomic mass is 32.2. The van der Waals surface area contributed by atoms with E-state index in [1.54, 1.807) is 24.3 Å². The van der Waals surface area contributed by atoms with Crippen LogP contribution < -0.4 is 5.32 Å². The number of phenols is 1. The highest BCUT2D eigenvalue weighted by Gasteiger charge is 2.54. The molecule has 2 aliphatic heterocycles. The molecule has 216 valence electrons. The highest BCUT2D eigenvalue weighted by Crippen LogP contribution is 2.42. The number of ether oxygens (including phenoxy) is 1. The van der Waals surface area contributed by atoms with Crippen molar-refractivity contribution in [2.75, 3.05) is 5.75 Å². The number of esters is 1. The molecule has 2 aliphatic rings. The summed E-state index contributed by atoms with van der Waals surface area (Å²) in [4.78, 5) is 42.0. The van der Waals surface area contributed by atoms with Gasteiger partial charge in [0.25, 0.3) is 5.91 Å². The lowest BCUT2D eigenvalue weighted by molar-refractivity contribution is -0.154. The summed E-state index contributed by atoms with van der Waals surface area (Å²) >= 11 is 1.51. The largest absolute Gasteiger partial charge is 0.508 e. The lowest BCUT2D eigenvalue weighted by Crippen LogP contribution is -2.70. The second-order valence-electron chi connectivity index (χ2n) is 10.5. The normalized spacial score (nSPS) is 17.7. The van der Waals surface area contributed by atoms with Gasteiger partial charge in [0, 0.05) is 5.75 Å². The molecule has 1 saturated heterocycles. The Bertz CT molecular complexity index is 1600. The third-order valence-electron chi connectivity index (χ3n) is 7.55. The Hall–Kier alpha value is -4.82. The standard InChI is InChI=1S/C35H30N2O5S/c38-28-18-16-24(17-19-28)20-27-22-43-34-30(36-29(39)21-23-10-4-1-5-11-23)33(40)37(34)31(27)35(41)42-32(25-12-6-2-7-13-25)26-14-8-3-9-15-26/h1-19,30,32,34,38H,20-22H2,(H,36,39)/t30-,34-/m1/s1. The van der Waals surface area contributed by atoms with E-state index in [0.29, 0.717) is 12.2 Å². The summed E-state index contributed by atoms with van der Waals surface area (Å²) in [5.74, 6) is -0.562. The molecular weight excluding hydrogens is 560 g/mol. The summed E-state index contributed by atoms with van der Waals surface area (Å²) in [7, 11) is 0. The van der Waals surface area contributed by atoms with Gasteiger partial charge in [-0.25, -0.2) is 4.79 Å². The van der Waals surface area contributed by atoms with Gasteiger partial charge in [-0.3, -0.25) is 14.5 Å². The van der Waals surface area contributed by atoms with Crippen LogP contribution in [-0.2, 0) is 32.0 Å². The summed E-state index contributed by atoms with van der Waals surface area (Å²) in [6, 6.07) is 34.4. The minimum Gasteiger partial charge on any atom is -0.508 e. The van der Waals surface area contributed by atoms with E-state index in [1.165, 1.54) is 16.7 Å². The second kappa shape index (κ2) is 12.6. The molecule has 0 spiro atoms. The number of hydrogen-bond donors (Lipinski definition) is 2. The fraction of sp³-hybridized carbons (Fsp3) is 0.171. The number of phenolic OH excluding ortho intramolecular Hbond substituents is 1. The van der Waals surface area contributed by atoms with Gasteiger partial charge in [-0.1, -0.05) is 103 Å². The third kappa shape index (κ3) is 6.20. The monoisotopic (exact) mass is 590 g/mol. The molecular formula is C35H30N2O5S. The van der Waals surface area contributed by atoms with E-state index >= 15 is 0 Å². The quantitative estimate of drug-likeness (QED) is 0.207. The number of β-lactam (4-membered cyclic amide) rings is 1. The van der Waals surface area contributed by atoms with Crippen LogP contribution in [0.3, 0.4) is 0 Å². The Balaban J connectivity index is 1.29. The zero-order valence-corrected chi connectivity index (χ0v) is 24.1. The summed E-state index contributed by atoms with van der Waals surface area (Å²) < 4.78 is 6.22. The molecule has 2 N–H and O–H groups in total. The lowest BCUT2D eigenvalue weighted by atomic mass is 9.98. The van der Waals surface area contributed by atoms with Crippen LogP contribution >= 0.6 is 11.8 Å². The molecule has 2 heterocycles. The number of carbonyl (C=O) groups is 3. The van der Waals surface area contributed by atoms with E-state index in [1.807, 2.05) is 91.0 Å². The van der Waals surface area contributed by atoms with Gasteiger partial charge in [-0.05, 0) is 46.4 Å². The Kier molecular flexibility index (Phi) is 8.29. The second-order valence-corrected chi connectivity index (χ2v) is 11.6. The Morgan fingerprint density at radius 2 is 1.42 bits per heavy atom. The van der Waals surface area contributed by atoms with Crippen LogP contribution in [0.1, 0.15) is 28.4 Å². The van der Waals surface area contributed by atoms with Crippen molar-refractivity contribution in [3.8, 4) is 5.75 Å². The van der Waals surface area contributed by atoms with Gasteiger partial charge in [0.05, 0.1) is 6.42 Å². The van der Waals surface area contributed by atoms with Crippen molar-refractivity contribution in [1.82, 2.24) is 10.2 Å². The number of hydrogen-bond acceptors (Lipinski definition) is 6. The molecule has 0 aliphatic carbocycles. The highest BCUT2D eigenvalue weighted by molar-refractivity contribution is 8.00. The Morgan fingerprint density at radius 3 is 2.02 bits per heavy atom. The van der Waals surface area contributed by atoms with Crippen LogP contribution in [0.15, 0.2) is 127 Å². The number of nitrogens with one attached hydrogen (secondary N) is 1. The fourth-order valence-electron chi connectivity index (χ4n) is 5.42. The molecule has 43 heavy (non-hydrogen) atoms. The van der Waals surface area contributed by atoms with E-state index in [4.69, 9.17) is 4.74 Å². The number of aromatic hydroxyl groups is 1. The molecule has 6 rings (SSSR count). The molecule has 4 aromatic carbocycles. The minimum absolute atomic E-state index is 0.149. The van der Waals surface area contributed by atoms with E-state index in [0.717, 1.165) is 27.8 Å². The number of carbonyl (C=O) groups excluding carboxylic acids is 3. The van der Waals surface area contributed by atoms with Gasteiger partial charge in [0.1, 0.15) is 22.9 Å². The number of thioether (sulfide) groups is 1. The molecule has 0 saturated carbocycles. The first-order chi connectivity index (χ1) is 21.0. The van der Waals surface area contributed by atoms with Gasteiger partial charge in [0.2, 0.25) is 5.91 Å². The fourth-order valence-corrected chi connectivity index (χ4v) is 6.77. The van der Waals surface area contributed by atoms with Crippen molar-refractivity contribution >= 4 is 29.5 Å². The van der Waals surface area contributed by atoms with Gasteiger partial charge in [0.15, 0.2) is 6.10 Å². The first-order valence-corrected chi connectivity index (χ1v) is 15.1. The first kappa shape index (κ1) is 28.3. The molecule has 7 nitrogen and oxygen atoms in total.